The smallest absolute Gasteiger partial charge is 0.0406 e. The van der Waals surface area contributed by atoms with Gasteiger partial charge in [0.1, 0.15) is 0 Å². The predicted molar refractivity (Wildman–Crippen MR) is 132 cm³/mol. The minimum atomic E-state index is 0.108. The lowest BCUT2D eigenvalue weighted by Gasteiger charge is -2.41. The van der Waals surface area contributed by atoms with Crippen molar-refractivity contribution in [2.24, 2.45) is 0 Å². The fourth-order valence-corrected chi connectivity index (χ4v) is 5.17. The third kappa shape index (κ3) is 5.57. The van der Waals surface area contributed by atoms with Crippen LogP contribution in [0.1, 0.15) is 48.3 Å². The Bertz CT molecular complexity index is 885. The van der Waals surface area contributed by atoms with E-state index in [4.69, 9.17) is 11.6 Å². The fourth-order valence-electron chi connectivity index (χ4n) is 5.04. The molecule has 2 N–H and O–H groups in total. The number of benzene rings is 3. The summed E-state index contributed by atoms with van der Waals surface area (Å²) in [4.78, 5) is 0. The van der Waals surface area contributed by atoms with E-state index < -0.39 is 0 Å². The maximum Gasteiger partial charge on any atom is 0.0406 e. The Balaban J connectivity index is 0.000000334. The van der Waals surface area contributed by atoms with Crippen molar-refractivity contribution in [3.8, 4) is 0 Å². The van der Waals surface area contributed by atoms with Gasteiger partial charge in [0, 0.05) is 36.6 Å². The maximum atomic E-state index is 6.15. The van der Waals surface area contributed by atoms with Crippen molar-refractivity contribution in [1.82, 2.24) is 10.6 Å². The SMILES string of the molecule is C1CNCCN1.Clc1ccc(C2(c3ccccc3)CCC(c3ccccc3)CC2)cc1. The molecule has 5 rings (SSSR count). The summed E-state index contributed by atoms with van der Waals surface area (Å²) in [5.41, 5.74) is 4.43. The average molecular weight is 433 g/mol. The van der Waals surface area contributed by atoms with E-state index >= 15 is 0 Å². The molecule has 0 atom stereocenters. The molecule has 3 aromatic rings. The van der Waals surface area contributed by atoms with Crippen molar-refractivity contribution in [2.45, 2.75) is 37.0 Å². The van der Waals surface area contributed by atoms with Crippen molar-refractivity contribution in [1.29, 1.82) is 0 Å². The van der Waals surface area contributed by atoms with Crippen LogP contribution in [-0.2, 0) is 5.41 Å². The van der Waals surface area contributed by atoms with E-state index in [2.05, 4.69) is 83.4 Å². The third-order valence-corrected chi connectivity index (χ3v) is 7.04. The second kappa shape index (κ2) is 10.9. The van der Waals surface area contributed by atoms with Crippen LogP contribution >= 0.6 is 11.6 Å². The van der Waals surface area contributed by atoms with Crippen LogP contribution in [0.15, 0.2) is 84.9 Å². The van der Waals surface area contributed by atoms with Crippen molar-refractivity contribution in [3.63, 3.8) is 0 Å². The molecular weight excluding hydrogens is 400 g/mol. The minimum Gasteiger partial charge on any atom is -0.314 e. The second-order valence-corrected chi connectivity index (χ2v) is 9.08. The molecule has 0 unspecified atom stereocenters. The highest BCUT2D eigenvalue weighted by atomic mass is 35.5. The number of hydrogen-bond acceptors (Lipinski definition) is 2. The van der Waals surface area contributed by atoms with Crippen LogP contribution in [0.4, 0.5) is 0 Å². The van der Waals surface area contributed by atoms with Crippen LogP contribution in [0.25, 0.3) is 0 Å². The zero-order valence-electron chi connectivity index (χ0n) is 18.2. The Morgan fingerprint density at radius 2 is 1.10 bits per heavy atom. The van der Waals surface area contributed by atoms with E-state index in [9.17, 15) is 0 Å². The van der Waals surface area contributed by atoms with Crippen molar-refractivity contribution >= 4 is 11.6 Å². The highest BCUT2D eigenvalue weighted by Crippen LogP contribution is 2.49. The van der Waals surface area contributed by atoms with Crippen LogP contribution in [0.2, 0.25) is 5.02 Å². The van der Waals surface area contributed by atoms with Gasteiger partial charge in [0.15, 0.2) is 0 Å². The van der Waals surface area contributed by atoms with Gasteiger partial charge in [-0.3, -0.25) is 0 Å². The summed E-state index contributed by atoms with van der Waals surface area (Å²) in [7, 11) is 0. The molecule has 1 aliphatic carbocycles. The Labute approximate surface area is 192 Å². The second-order valence-electron chi connectivity index (χ2n) is 8.64. The Morgan fingerprint density at radius 3 is 1.61 bits per heavy atom. The largest absolute Gasteiger partial charge is 0.314 e. The van der Waals surface area contributed by atoms with Gasteiger partial charge in [0.25, 0.3) is 0 Å². The summed E-state index contributed by atoms with van der Waals surface area (Å²) in [5.74, 6) is 0.672. The van der Waals surface area contributed by atoms with E-state index in [1.807, 2.05) is 12.1 Å². The van der Waals surface area contributed by atoms with Gasteiger partial charge in [0.05, 0.1) is 0 Å². The monoisotopic (exact) mass is 432 g/mol. The van der Waals surface area contributed by atoms with Gasteiger partial charge in [-0.05, 0) is 60.4 Å². The molecule has 3 heteroatoms. The third-order valence-electron chi connectivity index (χ3n) is 6.79. The lowest BCUT2D eigenvalue weighted by molar-refractivity contribution is 0.315. The molecule has 0 aromatic heterocycles. The number of hydrogen-bond donors (Lipinski definition) is 2. The number of nitrogens with one attached hydrogen (secondary N) is 2. The summed E-state index contributed by atoms with van der Waals surface area (Å²) in [6.45, 7) is 4.56. The summed E-state index contributed by atoms with van der Waals surface area (Å²) in [6, 6.07) is 30.5. The molecule has 0 amide bonds. The minimum absolute atomic E-state index is 0.108. The van der Waals surface area contributed by atoms with Crippen LogP contribution in [0, 0.1) is 0 Å². The van der Waals surface area contributed by atoms with Crippen LogP contribution in [0.3, 0.4) is 0 Å². The molecule has 0 bridgehead atoms. The van der Waals surface area contributed by atoms with E-state index in [0.29, 0.717) is 5.92 Å². The molecule has 0 radical (unpaired) electrons. The lowest BCUT2D eigenvalue weighted by Crippen LogP contribution is -2.39. The molecule has 3 aromatic carbocycles. The molecular formula is C28H33ClN2. The molecule has 1 saturated carbocycles. The van der Waals surface area contributed by atoms with Gasteiger partial charge >= 0.3 is 0 Å². The standard InChI is InChI=1S/C24H23Cl.C4H10N2/c25-23-13-11-22(12-14-23)24(21-9-5-2-6-10-21)17-15-20(16-18-24)19-7-3-1-4-8-19;1-2-6-4-3-5-1/h1-14,20H,15-18H2;5-6H,1-4H2. The maximum absolute atomic E-state index is 6.15. The summed E-state index contributed by atoms with van der Waals surface area (Å²) in [6.07, 6.45) is 4.81. The van der Waals surface area contributed by atoms with Crippen LogP contribution in [0.5, 0.6) is 0 Å². The summed E-state index contributed by atoms with van der Waals surface area (Å²) in [5, 5.41) is 7.25. The summed E-state index contributed by atoms with van der Waals surface area (Å²) < 4.78 is 0. The van der Waals surface area contributed by atoms with Gasteiger partial charge in [-0.15, -0.1) is 0 Å². The molecule has 1 aliphatic heterocycles. The topological polar surface area (TPSA) is 24.1 Å². The van der Waals surface area contributed by atoms with Crippen LogP contribution in [-0.4, -0.2) is 26.2 Å². The van der Waals surface area contributed by atoms with Gasteiger partial charge in [-0.2, -0.15) is 0 Å². The van der Waals surface area contributed by atoms with Gasteiger partial charge in [-0.1, -0.05) is 84.4 Å². The molecule has 2 nitrogen and oxygen atoms in total. The zero-order valence-corrected chi connectivity index (χ0v) is 19.0. The zero-order chi connectivity index (χ0) is 21.4. The number of rotatable bonds is 3. The van der Waals surface area contributed by atoms with E-state index in [-0.39, 0.29) is 5.41 Å². The Morgan fingerprint density at radius 1 is 0.613 bits per heavy atom. The average Bonchev–Trinajstić information content (AvgIpc) is 2.87. The van der Waals surface area contributed by atoms with Gasteiger partial charge in [-0.25, -0.2) is 0 Å². The molecule has 0 spiro atoms. The van der Waals surface area contributed by atoms with E-state index in [0.717, 1.165) is 31.2 Å². The first kappa shape index (κ1) is 22.1. The first-order valence-corrected chi connectivity index (χ1v) is 11.9. The van der Waals surface area contributed by atoms with Gasteiger partial charge in [0.2, 0.25) is 0 Å². The van der Waals surface area contributed by atoms with E-state index in [1.54, 1.807) is 0 Å². The molecule has 162 valence electrons. The molecule has 2 aliphatic rings. The van der Waals surface area contributed by atoms with Gasteiger partial charge < -0.3 is 10.6 Å². The lowest BCUT2D eigenvalue weighted by atomic mass is 9.62. The predicted octanol–water partition coefficient (Wildman–Crippen LogP) is 6.16. The first-order chi connectivity index (χ1) is 15.3. The first-order valence-electron chi connectivity index (χ1n) is 11.6. The molecule has 1 heterocycles. The normalized spacial score (nSPS) is 23.5. The van der Waals surface area contributed by atoms with Crippen molar-refractivity contribution in [2.75, 3.05) is 26.2 Å². The fraction of sp³-hybridized carbons (Fsp3) is 0.357. The number of piperazine rings is 1. The highest BCUT2D eigenvalue weighted by molar-refractivity contribution is 6.30. The number of halogens is 1. The molecule has 31 heavy (non-hydrogen) atoms. The quantitative estimate of drug-likeness (QED) is 0.517. The summed E-state index contributed by atoms with van der Waals surface area (Å²) >= 11 is 6.15. The Kier molecular flexibility index (Phi) is 7.80. The highest BCUT2D eigenvalue weighted by Gasteiger charge is 2.38. The molecule has 1 saturated heterocycles. The Hall–Kier alpha value is -2.13. The van der Waals surface area contributed by atoms with E-state index in [1.165, 1.54) is 42.4 Å². The van der Waals surface area contributed by atoms with Crippen LogP contribution < -0.4 is 10.6 Å². The molecule has 2 fully saturated rings. The van der Waals surface area contributed by atoms with Crippen molar-refractivity contribution in [3.05, 3.63) is 107 Å². The van der Waals surface area contributed by atoms with Crippen molar-refractivity contribution < 1.29 is 0 Å².